The zero-order valence-corrected chi connectivity index (χ0v) is 10.1. The molecule has 2 rings (SSSR count). The molecule has 1 aromatic heterocycles. The number of benzene rings is 1. The summed E-state index contributed by atoms with van der Waals surface area (Å²) in [5.41, 5.74) is 5.46. The standard InChI is InChI=1S/C15H14N2/c1-11-5-6-14(12(2)10-11)15-13(7-8-16)4-3-9-17-15/h3-6,9-10H,7H2,1-2H3. The number of hydrogen-bond acceptors (Lipinski definition) is 2. The summed E-state index contributed by atoms with van der Waals surface area (Å²) in [4.78, 5) is 4.41. The van der Waals surface area contributed by atoms with Crippen molar-refractivity contribution < 1.29 is 0 Å². The third-order valence-corrected chi connectivity index (χ3v) is 2.80. The quantitative estimate of drug-likeness (QED) is 0.780. The molecule has 0 atom stereocenters. The van der Waals surface area contributed by atoms with Crippen molar-refractivity contribution in [3.05, 3.63) is 53.2 Å². The summed E-state index contributed by atoms with van der Waals surface area (Å²) in [6, 6.07) is 12.3. The van der Waals surface area contributed by atoms with E-state index in [9.17, 15) is 0 Å². The van der Waals surface area contributed by atoms with Crippen LogP contribution in [0.3, 0.4) is 0 Å². The average Bonchev–Trinajstić information content (AvgIpc) is 2.31. The minimum atomic E-state index is 0.399. The van der Waals surface area contributed by atoms with E-state index in [1.165, 1.54) is 11.1 Å². The van der Waals surface area contributed by atoms with E-state index in [1.54, 1.807) is 6.20 Å². The summed E-state index contributed by atoms with van der Waals surface area (Å²) >= 11 is 0. The third kappa shape index (κ3) is 2.34. The van der Waals surface area contributed by atoms with Gasteiger partial charge < -0.3 is 0 Å². The summed E-state index contributed by atoms with van der Waals surface area (Å²) in [5.74, 6) is 0. The van der Waals surface area contributed by atoms with E-state index in [0.717, 1.165) is 16.8 Å². The maximum absolute atomic E-state index is 8.83. The van der Waals surface area contributed by atoms with Gasteiger partial charge in [-0.15, -0.1) is 0 Å². The van der Waals surface area contributed by atoms with Crippen molar-refractivity contribution in [3.63, 3.8) is 0 Å². The van der Waals surface area contributed by atoms with Gasteiger partial charge in [-0.25, -0.2) is 0 Å². The van der Waals surface area contributed by atoms with Crippen molar-refractivity contribution in [3.8, 4) is 17.3 Å². The number of nitriles is 1. The molecule has 0 spiro atoms. The number of aromatic nitrogens is 1. The first kappa shape index (κ1) is 11.3. The number of rotatable bonds is 2. The van der Waals surface area contributed by atoms with Crippen LogP contribution in [0.4, 0.5) is 0 Å². The summed E-state index contributed by atoms with van der Waals surface area (Å²) in [7, 11) is 0. The molecule has 2 heteroatoms. The van der Waals surface area contributed by atoms with Gasteiger partial charge in [0.2, 0.25) is 0 Å². The molecule has 1 heterocycles. The molecule has 0 aliphatic heterocycles. The molecule has 0 fully saturated rings. The zero-order chi connectivity index (χ0) is 12.3. The van der Waals surface area contributed by atoms with E-state index >= 15 is 0 Å². The smallest absolute Gasteiger partial charge is 0.0747 e. The largest absolute Gasteiger partial charge is 0.256 e. The lowest BCUT2D eigenvalue weighted by molar-refractivity contribution is 1.19. The fourth-order valence-corrected chi connectivity index (χ4v) is 1.99. The molecule has 2 nitrogen and oxygen atoms in total. The summed E-state index contributed by atoms with van der Waals surface area (Å²) in [6.07, 6.45) is 2.17. The van der Waals surface area contributed by atoms with Crippen molar-refractivity contribution in [2.24, 2.45) is 0 Å². The predicted octanol–water partition coefficient (Wildman–Crippen LogP) is 3.43. The van der Waals surface area contributed by atoms with Crippen molar-refractivity contribution in [1.82, 2.24) is 4.98 Å². The number of pyridine rings is 1. The Balaban J connectivity index is 2.57. The van der Waals surface area contributed by atoms with Crippen LogP contribution in [-0.2, 0) is 6.42 Å². The summed E-state index contributed by atoms with van der Waals surface area (Å²) in [5, 5.41) is 8.83. The van der Waals surface area contributed by atoms with Gasteiger partial charge in [0.15, 0.2) is 0 Å². The Hall–Kier alpha value is -2.14. The lowest BCUT2D eigenvalue weighted by Crippen LogP contribution is -1.94. The lowest BCUT2D eigenvalue weighted by Gasteiger charge is -2.09. The molecule has 0 N–H and O–H groups in total. The van der Waals surface area contributed by atoms with Crippen LogP contribution in [-0.4, -0.2) is 4.98 Å². The normalized spacial score (nSPS) is 9.94. The second kappa shape index (κ2) is 4.80. The lowest BCUT2D eigenvalue weighted by atomic mass is 9.98. The molecule has 0 amide bonds. The van der Waals surface area contributed by atoms with Gasteiger partial charge in [0, 0.05) is 11.8 Å². The van der Waals surface area contributed by atoms with Gasteiger partial charge in [-0.1, -0.05) is 29.8 Å². The molecule has 0 radical (unpaired) electrons. The molecule has 2 aromatic rings. The second-order valence-electron chi connectivity index (χ2n) is 4.16. The molecule has 0 aliphatic carbocycles. The molecule has 1 aromatic carbocycles. The van der Waals surface area contributed by atoms with Crippen molar-refractivity contribution >= 4 is 0 Å². The first-order valence-corrected chi connectivity index (χ1v) is 5.61. The number of aryl methyl sites for hydroxylation is 2. The van der Waals surface area contributed by atoms with Gasteiger partial charge >= 0.3 is 0 Å². The van der Waals surface area contributed by atoms with E-state index in [1.807, 2.05) is 12.1 Å². The zero-order valence-electron chi connectivity index (χ0n) is 10.1. The Morgan fingerprint density at radius 2 is 2.06 bits per heavy atom. The molecule has 0 unspecified atom stereocenters. The van der Waals surface area contributed by atoms with Crippen molar-refractivity contribution in [2.45, 2.75) is 20.3 Å². The highest BCUT2D eigenvalue weighted by molar-refractivity contribution is 5.67. The molecular formula is C15H14N2. The Labute approximate surface area is 102 Å². The van der Waals surface area contributed by atoms with Gasteiger partial charge in [0.1, 0.15) is 0 Å². The van der Waals surface area contributed by atoms with E-state index < -0.39 is 0 Å². The first-order valence-electron chi connectivity index (χ1n) is 5.61. The van der Waals surface area contributed by atoms with Crippen molar-refractivity contribution in [2.75, 3.05) is 0 Å². The van der Waals surface area contributed by atoms with Crippen LogP contribution in [0.5, 0.6) is 0 Å². The molecule has 17 heavy (non-hydrogen) atoms. The highest BCUT2D eigenvalue weighted by atomic mass is 14.7. The van der Waals surface area contributed by atoms with E-state index in [4.69, 9.17) is 5.26 Å². The maximum Gasteiger partial charge on any atom is 0.0747 e. The Morgan fingerprint density at radius 3 is 2.76 bits per heavy atom. The molecule has 0 bridgehead atoms. The van der Waals surface area contributed by atoms with Gasteiger partial charge in [0.05, 0.1) is 18.2 Å². The van der Waals surface area contributed by atoms with Crippen LogP contribution in [0.15, 0.2) is 36.5 Å². The molecule has 0 saturated heterocycles. The Bertz CT molecular complexity index is 580. The molecule has 0 aliphatic rings. The van der Waals surface area contributed by atoms with Gasteiger partial charge in [-0.2, -0.15) is 5.26 Å². The van der Waals surface area contributed by atoms with Crippen LogP contribution >= 0.6 is 0 Å². The number of nitrogens with zero attached hydrogens (tertiary/aromatic N) is 2. The number of hydrogen-bond donors (Lipinski definition) is 0. The Morgan fingerprint density at radius 1 is 1.24 bits per heavy atom. The fourth-order valence-electron chi connectivity index (χ4n) is 1.99. The molecular weight excluding hydrogens is 208 g/mol. The molecule has 0 saturated carbocycles. The highest BCUT2D eigenvalue weighted by Gasteiger charge is 2.08. The van der Waals surface area contributed by atoms with Crippen molar-refractivity contribution in [1.29, 1.82) is 5.26 Å². The van der Waals surface area contributed by atoms with E-state index in [2.05, 4.69) is 43.1 Å². The third-order valence-electron chi connectivity index (χ3n) is 2.80. The summed E-state index contributed by atoms with van der Waals surface area (Å²) in [6.45, 7) is 4.15. The van der Waals surface area contributed by atoms with Crippen LogP contribution in [0, 0.1) is 25.2 Å². The van der Waals surface area contributed by atoms with Crippen LogP contribution in [0.25, 0.3) is 11.3 Å². The van der Waals surface area contributed by atoms with E-state index in [0.29, 0.717) is 6.42 Å². The first-order chi connectivity index (χ1) is 8.22. The minimum Gasteiger partial charge on any atom is -0.256 e. The van der Waals surface area contributed by atoms with Gasteiger partial charge in [-0.3, -0.25) is 4.98 Å². The topological polar surface area (TPSA) is 36.7 Å². The predicted molar refractivity (Wildman–Crippen MR) is 68.5 cm³/mol. The SMILES string of the molecule is Cc1ccc(-c2ncccc2CC#N)c(C)c1. The van der Waals surface area contributed by atoms with Crippen LogP contribution in [0.1, 0.15) is 16.7 Å². The Kier molecular flexibility index (Phi) is 3.20. The fraction of sp³-hybridized carbons (Fsp3) is 0.200. The summed E-state index contributed by atoms with van der Waals surface area (Å²) < 4.78 is 0. The average molecular weight is 222 g/mol. The maximum atomic E-state index is 8.83. The minimum absolute atomic E-state index is 0.399. The highest BCUT2D eigenvalue weighted by Crippen LogP contribution is 2.25. The van der Waals surface area contributed by atoms with Crippen LogP contribution < -0.4 is 0 Å². The monoisotopic (exact) mass is 222 g/mol. The van der Waals surface area contributed by atoms with Gasteiger partial charge in [-0.05, 0) is 31.0 Å². The van der Waals surface area contributed by atoms with Crippen LogP contribution in [0.2, 0.25) is 0 Å². The van der Waals surface area contributed by atoms with Gasteiger partial charge in [0.25, 0.3) is 0 Å². The molecule has 84 valence electrons. The second-order valence-corrected chi connectivity index (χ2v) is 4.16. The van der Waals surface area contributed by atoms with E-state index in [-0.39, 0.29) is 0 Å².